The highest BCUT2D eigenvalue weighted by Gasteiger charge is 2.26. The molecule has 0 spiro atoms. The molecule has 0 aromatic rings. The van der Waals surface area contributed by atoms with Gasteiger partial charge in [-0.05, 0) is 12.2 Å². The molecule has 0 aliphatic carbocycles. The number of hydrogen-bond acceptors (Lipinski definition) is 2. The number of hydrogen-bond donors (Lipinski definition) is 3. The van der Waals surface area contributed by atoms with Crippen LogP contribution in [0.25, 0.3) is 0 Å². The number of nitrogens with one attached hydrogen (secondary N) is 3. The molecule has 0 unspecified atom stereocenters. The molecule has 3 N–H and O–H groups in total. The van der Waals surface area contributed by atoms with E-state index in [1.807, 2.05) is 10.7 Å². The number of carbonyl (C=O) groups excluding carboxylic acids is 1. The molecular weight excluding hydrogens is 207 g/mol. The van der Waals surface area contributed by atoms with E-state index in [1.165, 1.54) is 6.92 Å². The molecule has 0 aliphatic rings. The normalized spacial score (nSPS) is 10.5. The van der Waals surface area contributed by atoms with Gasteiger partial charge in [0.1, 0.15) is 6.54 Å². The number of carbonyl (C=O) groups is 1. The van der Waals surface area contributed by atoms with Gasteiger partial charge in [-0.25, -0.2) is 0 Å². The Kier molecular flexibility index (Phi) is 4.46. The molecule has 76 valence electrons. The lowest BCUT2D eigenvalue weighted by molar-refractivity contribution is -0.122. The molecule has 0 aliphatic heterocycles. The van der Waals surface area contributed by atoms with Gasteiger partial charge in [0.25, 0.3) is 0 Å². The number of hydrazine groups is 1. The minimum atomic E-state index is -4.33. The first-order valence-corrected chi connectivity index (χ1v) is 3.59. The van der Waals surface area contributed by atoms with Gasteiger partial charge in [0, 0.05) is 6.92 Å². The van der Waals surface area contributed by atoms with Crippen LogP contribution < -0.4 is 16.2 Å². The summed E-state index contributed by atoms with van der Waals surface area (Å²) in [7, 11) is 0. The van der Waals surface area contributed by atoms with Crippen LogP contribution in [0.3, 0.4) is 0 Å². The van der Waals surface area contributed by atoms with Crippen LogP contribution in [-0.2, 0) is 4.79 Å². The fourth-order valence-electron chi connectivity index (χ4n) is 0.369. The average molecular weight is 215 g/mol. The molecule has 0 radical (unpaired) electrons. The molecule has 8 heteroatoms. The van der Waals surface area contributed by atoms with E-state index in [4.69, 9.17) is 0 Å². The van der Waals surface area contributed by atoms with Crippen LogP contribution in [0.2, 0.25) is 0 Å². The molecule has 0 rings (SSSR count). The van der Waals surface area contributed by atoms with Crippen molar-refractivity contribution < 1.29 is 18.0 Å². The molecule has 0 atom stereocenters. The molecule has 0 saturated carbocycles. The highest BCUT2D eigenvalue weighted by molar-refractivity contribution is 7.80. The van der Waals surface area contributed by atoms with Gasteiger partial charge in [-0.1, -0.05) is 0 Å². The Labute approximate surface area is 77.8 Å². The van der Waals surface area contributed by atoms with Crippen LogP contribution in [0, 0.1) is 0 Å². The van der Waals surface area contributed by atoms with Gasteiger partial charge < -0.3 is 5.32 Å². The lowest BCUT2D eigenvalue weighted by atomic mass is 10.6. The van der Waals surface area contributed by atoms with E-state index in [2.05, 4.69) is 17.6 Å². The predicted molar refractivity (Wildman–Crippen MR) is 43.6 cm³/mol. The van der Waals surface area contributed by atoms with Gasteiger partial charge in [0.2, 0.25) is 5.91 Å². The van der Waals surface area contributed by atoms with E-state index in [0.717, 1.165) is 0 Å². The molecule has 1 amide bonds. The molecule has 0 bridgehead atoms. The first kappa shape index (κ1) is 11.9. The molecule has 0 aromatic heterocycles. The molecule has 0 aromatic carbocycles. The van der Waals surface area contributed by atoms with Crippen molar-refractivity contribution in [3.63, 3.8) is 0 Å². The van der Waals surface area contributed by atoms with Crippen LogP contribution in [0.5, 0.6) is 0 Å². The summed E-state index contributed by atoms with van der Waals surface area (Å²) in [4.78, 5) is 10.3. The second-order valence-corrected chi connectivity index (χ2v) is 2.51. The predicted octanol–water partition coefficient (Wildman–Crippen LogP) is 0.0639. The zero-order valence-corrected chi connectivity index (χ0v) is 7.47. The van der Waals surface area contributed by atoms with Crippen LogP contribution in [-0.4, -0.2) is 23.7 Å². The highest BCUT2D eigenvalue weighted by Crippen LogP contribution is 2.11. The molecule has 0 fully saturated rings. The van der Waals surface area contributed by atoms with Crippen LogP contribution in [0.4, 0.5) is 13.2 Å². The maximum absolute atomic E-state index is 11.6. The Hall–Kier alpha value is -1.05. The van der Waals surface area contributed by atoms with Crippen molar-refractivity contribution in [1.82, 2.24) is 16.2 Å². The maximum Gasteiger partial charge on any atom is 0.405 e. The Morgan fingerprint density at radius 1 is 1.38 bits per heavy atom. The molecule has 0 heterocycles. The minimum absolute atomic E-state index is 0.285. The van der Waals surface area contributed by atoms with Crippen LogP contribution >= 0.6 is 12.2 Å². The van der Waals surface area contributed by atoms with E-state index in [9.17, 15) is 18.0 Å². The van der Waals surface area contributed by atoms with Gasteiger partial charge in [0.15, 0.2) is 5.11 Å². The van der Waals surface area contributed by atoms with Crippen molar-refractivity contribution in [2.45, 2.75) is 13.1 Å². The first-order chi connectivity index (χ1) is 5.81. The summed E-state index contributed by atoms with van der Waals surface area (Å²) in [6.45, 7) is -0.0439. The zero-order chi connectivity index (χ0) is 10.5. The first-order valence-electron chi connectivity index (χ1n) is 3.18. The van der Waals surface area contributed by atoms with E-state index >= 15 is 0 Å². The second-order valence-electron chi connectivity index (χ2n) is 2.10. The molecule has 0 saturated heterocycles. The van der Waals surface area contributed by atoms with Crippen molar-refractivity contribution in [3.8, 4) is 0 Å². The minimum Gasteiger partial charge on any atom is -0.352 e. The standard InChI is InChI=1S/C5H8F3N3OS/c1-3(12)10-11-4(13)9-2-5(6,7)8/h2H2,1H3,(H,10,12)(H2,9,11,13). The third-order valence-corrected chi connectivity index (χ3v) is 1.05. The fraction of sp³-hybridized carbons (Fsp3) is 0.600. The monoisotopic (exact) mass is 215 g/mol. The summed E-state index contributed by atoms with van der Waals surface area (Å²) in [6, 6.07) is 0. The van der Waals surface area contributed by atoms with Crippen molar-refractivity contribution in [3.05, 3.63) is 0 Å². The highest BCUT2D eigenvalue weighted by atomic mass is 32.1. The Morgan fingerprint density at radius 3 is 2.31 bits per heavy atom. The molecular formula is C5H8F3N3OS. The summed E-state index contributed by atoms with van der Waals surface area (Å²) >= 11 is 4.40. The molecule has 13 heavy (non-hydrogen) atoms. The summed E-state index contributed by atoms with van der Waals surface area (Å²) in [5.41, 5.74) is 4.10. The quantitative estimate of drug-likeness (QED) is 0.428. The summed E-state index contributed by atoms with van der Waals surface area (Å²) in [5.74, 6) is -0.448. The van der Waals surface area contributed by atoms with E-state index in [1.54, 1.807) is 0 Å². The number of alkyl halides is 3. The topological polar surface area (TPSA) is 53.2 Å². The van der Waals surface area contributed by atoms with Gasteiger partial charge in [0.05, 0.1) is 0 Å². The van der Waals surface area contributed by atoms with E-state index in [-0.39, 0.29) is 5.11 Å². The van der Waals surface area contributed by atoms with Crippen molar-refractivity contribution in [1.29, 1.82) is 0 Å². The summed E-state index contributed by atoms with van der Waals surface area (Å²) in [6.07, 6.45) is -4.33. The third kappa shape index (κ3) is 8.86. The van der Waals surface area contributed by atoms with E-state index < -0.39 is 18.6 Å². The number of thiocarbonyl (C=S) groups is 1. The second kappa shape index (κ2) is 4.85. The smallest absolute Gasteiger partial charge is 0.352 e. The number of amides is 1. The number of rotatable bonds is 1. The van der Waals surface area contributed by atoms with Crippen molar-refractivity contribution >= 4 is 23.2 Å². The van der Waals surface area contributed by atoms with Gasteiger partial charge in [-0.3, -0.25) is 15.6 Å². The summed E-state index contributed by atoms with van der Waals surface area (Å²) in [5, 5.41) is 1.57. The SMILES string of the molecule is CC(=O)NNC(=S)NCC(F)(F)F. The average Bonchev–Trinajstić information content (AvgIpc) is 1.95. The number of halogens is 3. The summed E-state index contributed by atoms with van der Waals surface area (Å²) < 4.78 is 34.7. The Bertz CT molecular complexity index is 206. The van der Waals surface area contributed by atoms with Crippen molar-refractivity contribution in [2.75, 3.05) is 6.54 Å². The van der Waals surface area contributed by atoms with Crippen molar-refractivity contribution in [2.24, 2.45) is 0 Å². The third-order valence-electron chi connectivity index (χ3n) is 0.801. The Balaban J connectivity index is 3.58. The largest absolute Gasteiger partial charge is 0.405 e. The van der Waals surface area contributed by atoms with Gasteiger partial charge in [-0.15, -0.1) is 0 Å². The Morgan fingerprint density at radius 2 is 1.92 bits per heavy atom. The van der Waals surface area contributed by atoms with E-state index in [0.29, 0.717) is 0 Å². The van der Waals surface area contributed by atoms with Crippen LogP contribution in [0.1, 0.15) is 6.92 Å². The molecule has 4 nitrogen and oxygen atoms in total. The zero-order valence-electron chi connectivity index (χ0n) is 6.66. The lowest BCUT2D eigenvalue weighted by Gasteiger charge is -2.11. The lowest BCUT2D eigenvalue weighted by Crippen LogP contribution is -2.48. The van der Waals surface area contributed by atoms with Gasteiger partial charge >= 0.3 is 6.18 Å². The maximum atomic E-state index is 11.6. The fourth-order valence-corrected chi connectivity index (χ4v) is 0.493. The van der Waals surface area contributed by atoms with Gasteiger partial charge in [-0.2, -0.15) is 13.2 Å². The van der Waals surface area contributed by atoms with Crippen LogP contribution in [0.15, 0.2) is 0 Å².